The number of esters is 1. The number of hydrogen-bond donors (Lipinski definition) is 1. The molecule has 0 radical (unpaired) electrons. The van der Waals surface area contributed by atoms with Gasteiger partial charge in [0.25, 0.3) is 0 Å². The number of thiophene rings is 2. The van der Waals surface area contributed by atoms with Crippen molar-refractivity contribution in [2.45, 2.75) is 30.7 Å². The van der Waals surface area contributed by atoms with E-state index in [1.807, 2.05) is 30.3 Å². The second-order valence-corrected chi connectivity index (χ2v) is 11.4. The highest BCUT2D eigenvalue weighted by Crippen LogP contribution is 2.44. The summed E-state index contributed by atoms with van der Waals surface area (Å²) < 4.78 is 5.41. The number of amides is 1. The summed E-state index contributed by atoms with van der Waals surface area (Å²) in [5, 5.41) is 5.15. The van der Waals surface area contributed by atoms with Crippen molar-refractivity contribution in [2.75, 3.05) is 18.2 Å². The number of aryl methyl sites for hydroxylation is 2. The number of rotatable bonds is 6. The van der Waals surface area contributed by atoms with Crippen LogP contribution in [0, 0.1) is 0 Å². The second kappa shape index (κ2) is 10.0. The third kappa shape index (κ3) is 4.45. The molecule has 1 aromatic carbocycles. The zero-order valence-electron chi connectivity index (χ0n) is 18.2. The van der Waals surface area contributed by atoms with E-state index in [9.17, 15) is 9.59 Å². The number of benzene rings is 1. The van der Waals surface area contributed by atoms with Gasteiger partial charge in [-0.25, -0.2) is 14.8 Å². The van der Waals surface area contributed by atoms with E-state index in [1.54, 1.807) is 17.7 Å². The summed E-state index contributed by atoms with van der Waals surface area (Å²) in [5.41, 5.74) is 2.94. The van der Waals surface area contributed by atoms with Crippen LogP contribution in [0.1, 0.15) is 33.6 Å². The number of nitrogens with zero attached hydrogens (tertiary/aromatic N) is 2. The molecule has 5 rings (SSSR count). The molecule has 0 aliphatic heterocycles. The van der Waals surface area contributed by atoms with Crippen LogP contribution in [0.5, 0.6) is 0 Å². The second-order valence-electron chi connectivity index (χ2n) is 7.72. The van der Waals surface area contributed by atoms with Gasteiger partial charge in [-0.15, -0.1) is 22.7 Å². The minimum absolute atomic E-state index is 0.146. The Labute approximate surface area is 213 Å². The first-order chi connectivity index (χ1) is 16.6. The molecule has 0 spiro atoms. The van der Waals surface area contributed by atoms with E-state index < -0.39 is 5.97 Å². The fourth-order valence-electron chi connectivity index (χ4n) is 4.12. The van der Waals surface area contributed by atoms with Gasteiger partial charge in [0.15, 0.2) is 0 Å². The number of fused-ring (bicyclic) bond motifs is 3. The molecule has 3 aromatic heterocycles. The monoisotopic (exact) mass is 529 g/mol. The number of thioether (sulfide) groups is 1. The Morgan fingerprint density at radius 2 is 1.94 bits per heavy atom. The van der Waals surface area contributed by atoms with Gasteiger partial charge in [0.05, 0.1) is 12.9 Å². The highest BCUT2D eigenvalue weighted by atomic mass is 35.5. The van der Waals surface area contributed by atoms with Crippen molar-refractivity contribution in [1.82, 2.24) is 9.97 Å². The molecule has 174 valence electrons. The summed E-state index contributed by atoms with van der Waals surface area (Å²) in [5.74, 6) is -0.649. The van der Waals surface area contributed by atoms with Crippen LogP contribution in [0.15, 0.2) is 41.7 Å². The highest BCUT2D eigenvalue weighted by Gasteiger charge is 2.26. The van der Waals surface area contributed by atoms with Gasteiger partial charge >= 0.3 is 5.97 Å². The minimum Gasteiger partial charge on any atom is -0.465 e. The number of halogens is 1. The first kappa shape index (κ1) is 23.3. The van der Waals surface area contributed by atoms with Crippen LogP contribution < -0.4 is 5.32 Å². The molecule has 6 nitrogen and oxygen atoms in total. The van der Waals surface area contributed by atoms with E-state index in [-0.39, 0.29) is 17.2 Å². The number of anilines is 1. The fourth-order valence-corrected chi connectivity index (χ4v) is 7.63. The SMILES string of the molecule is COC(=O)c1c(NC(=O)CSc2ncnc3sc4c(c23)CCCC4)sc(Cl)c1-c1ccccc1. The topological polar surface area (TPSA) is 81.2 Å². The summed E-state index contributed by atoms with van der Waals surface area (Å²) in [4.78, 5) is 36.8. The van der Waals surface area contributed by atoms with E-state index in [4.69, 9.17) is 16.3 Å². The summed E-state index contributed by atoms with van der Waals surface area (Å²) in [6.07, 6.45) is 6.04. The number of carbonyl (C=O) groups is 2. The minimum atomic E-state index is -0.549. The highest BCUT2D eigenvalue weighted by molar-refractivity contribution is 8.00. The average Bonchev–Trinajstić information content (AvgIpc) is 3.40. The van der Waals surface area contributed by atoms with Gasteiger partial charge in [-0.05, 0) is 36.8 Å². The summed E-state index contributed by atoms with van der Waals surface area (Å²) in [6.45, 7) is 0. The lowest BCUT2D eigenvalue weighted by Crippen LogP contribution is -2.16. The van der Waals surface area contributed by atoms with Crippen molar-refractivity contribution in [3.63, 3.8) is 0 Å². The summed E-state index contributed by atoms with van der Waals surface area (Å²) >= 11 is 10.8. The van der Waals surface area contributed by atoms with Gasteiger partial charge in [0.1, 0.15) is 31.1 Å². The molecule has 3 heterocycles. The molecule has 1 amide bonds. The molecule has 0 fully saturated rings. The number of carbonyl (C=O) groups excluding carboxylic acids is 2. The quantitative estimate of drug-likeness (QED) is 0.175. The molecular formula is C24H20ClN3O3S3. The summed E-state index contributed by atoms with van der Waals surface area (Å²) in [6, 6.07) is 9.35. The molecule has 0 saturated carbocycles. The van der Waals surface area contributed by atoms with Crippen molar-refractivity contribution in [3.05, 3.63) is 57.0 Å². The maximum absolute atomic E-state index is 12.9. The Bertz CT molecular complexity index is 1380. The van der Waals surface area contributed by atoms with Gasteiger partial charge < -0.3 is 10.1 Å². The molecule has 0 unspecified atom stereocenters. The Morgan fingerprint density at radius 1 is 1.15 bits per heavy atom. The molecular weight excluding hydrogens is 510 g/mol. The molecule has 0 bridgehead atoms. The van der Waals surface area contributed by atoms with E-state index in [2.05, 4.69) is 15.3 Å². The molecule has 4 aromatic rings. The Hall–Kier alpha value is -2.46. The van der Waals surface area contributed by atoms with Gasteiger partial charge in [-0.2, -0.15) is 0 Å². The van der Waals surface area contributed by atoms with Crippen LogP contribution in [0.2, 0.25) is 4.34 Å². The smallest absolute Gasteiger partial charge is 0.341 e. The number of hydrogen-bond acceptors (Lipinski definition) is 8. The first-order valence-electron chi connectivity index (χ1n) is 10.7. The Balaban J connectivity index is 1.39. The fraction of sp³-hybridized carbons (Fsp3) is 0.250. The van der Waals surface area contributed by atoms with E-state index in [1.165, 1.54) is 35.7 Å². The largest absolute Gasteiger partial charge is 0.465 e. The molecule has 0 saturated heterocycles. The number of nitrogens with one attached hydrogen (secondary N) is 1. The maximum atomic E-state index is 12.9. The maximum Gasteiger partial charge on any atom is 0.341 e. The van der Waals surface area contributed by atoms with Crippen molar-refractivity contribution in [3.8, 4) is 11.1 Å². The van der Waals surface area contributed by atoms with Crippen LogP contribution in [0.25, 0.3) is 21.3 Å². The lowest BCUT2D eigenvalue weighted by atomic mass is 9.97. The normalized spacial score (nSPS) is 13.0. The number of ether oxygens (including phenoxy) is 1. The zero-order valence-corrected chi connectivity index (χ0v) is 21.4. The van der Waals surface area contributed by atoms with Crippen LogP contribution >= 0.6 is 46.0 Å². The molecule has 1 aliphatic carbocycles. The first-order valence-corrected chi connectivity index (χ1v) is 13.7. The molecule has 10 heteroatoms. The third-order valence-electron chi connectivity index (χ3n) is 5.63. The lowest BCUT2D eigenvalue weighted by Gasteiger charge is -2.11. The van der Waals surface area contributed by atoms with Crippen LogP contribution in [0.4, 0.5) is 5.00 Å². The predicted molar refractivity (Wildman–Crippen MR) is 140 cm³/mol. The van der Waals surface area contributed by atoms with Gasteiger partial charge in [0.2, 0.25) is 5.91 Å². The molecule has 1 aliphatic rings. The van der Waals surface area contributed by atoms with Crippen LogP contribution in [-0.4, -0.2) is 34.7 Å². The van der Waals surface area contributed by atoms with Crippen LogP contribution in [-0.2, 0) is 22.4 Å². The average molecular weight is 530 g/mol. The van der Waals surface area contributed by atoms with Gasteiger partial charge in [0, 0.05) is 15.8 Å². The van der Waals surface area contributed by atoms with Crippen LogP contribution in [0.3, 0.4) is 0 Å². The lowest BCUT2D eigenvalue weighted by molar-refractivity contribution is -0.113. The van der Waals surface area contributed by atoms with E-state index >= 15 is 0 Å². The zero-order chi connectivity index (χ0) is 23.7. The Kier molecular flexibility index (Phi) is 6.87. The molecule has 1 N–H and O–H groups in total. The van der Waals surface area contributed by atoms with Crippen molar-refractivity contribution in [2.24, 2.45) is 0 Å². The van der Waals surface area contributed by atoms with Crippen molar-refractivity contribution < 1.29 is 14.3 Å². The summed E-state index contributed by atoms with van der Waals surface area (Å²) in [7, 11) is 1.31. The predicted octanol–water partition coefficient (Wildman–Crippen LogP) is 6.47. The van der Waals surface area contributed by atoms with Crippen molar-refractivity contribution >= 4 is 73.1 Å². The number of aromatic nitrogens is 2. The van der Waals surface area contributed by atoms with E-state index in [0.29, 0.717) is 14.9 Å². The van der Waals surface area contributed by atoms with Crippen molar-refractivity contribution in [1.29, 1.82) is 0 Å². The standard InChI is InChI=1S/C24H20ClN3O3S3/c1-31-24(30)19-17(13-7-3-2-4-8-13)20(25)34-23(19)28-16(29)11-32-21-18-14-9-5-6-10-15(14)33-22(18)27-12-26-21/h2-4,7-8,12H,5-6,9-11H2,1H3,(H,28,29). The molecule has 34 heavy (non-hydrogen) atoms. The number of methoxy groups -OCH3 is 1. The van der Waals surface area contributed by atoms with Gasteiger partial charge in [-0.1, -0.05) is 53.7 Å². The van der Waals surface area contributed by atoms with Gasteiger partial charge in [-0.3, -0.25) is 4.79 Å². The molecule has 0 atom stereocenters. The van der Waals surface area contributed by atoms with E-state index in [0.717, 1.165) is 51.4 Å². The third-order valence-corrected chi connectivity index (χ3v) is 9.13. The Morgan fingerprint density at radius 3 is 2.74 bits per heavy atom.